The van der Waals surface area contributed by atoms with Crippen LogP contribution < -0.4 is 9.79 Å². The van der Waals surface area contributed by atoms with Crippen LogP contribution in [0, 0.1) is 0 Å². The maximum Gasteiger partial charge on any atom is 0.306 e. The van der Waals surface area contributed by atoms with Crippen LogP contribution in [0.1, 0.15) is 336 Å². The first-order valence-electron chi connectivity index (χ1n) is 38.8. The van der Waals surface area contributed by atoms with Crippen LogP contribution in [0.4, 0.5) is 0 Å². The van der Waals surface area contributed by atoms with Gasteiger partial charge in [0.25, 0.3) is 15.6 Å². The number of hydrogen-bond donors (Lipinski definition) is 1. The number of aliphatic hydroxyl groups excluding tert-OH is 1. The Bertz CT molecular complexity index is 2190. The molecule has 0 aliphatic carbocycles. The zero-order valence-corrected chi connectivity index (χ0v) is 63.7. The summed E-state index contributed by atoms with van der Waals surface area (Å²) in [5.41, 5.74) is 0. The lowest BCUT2D eigenvalue weighted by molar-refractivity contribution is -0.233. The maximum absolute atomic E-state index is 13.0. The van der Waals surface area contributed by atoms with Crippen molar-refractivity contribution in [3.05, 3.63) is 85.1 Å². The van der Waals surface area contributed by atoms with Gasteiger partial charge in [-0.1, -0.05) is 248 Å². The normalized spacial score (nSPS) is 14.4. The molecule has 0 rings (SSSR count). The van der Waals surface area contributed by atoms with Gasteiger partial charge in [-0.25, -0.2) is 0 Å². The number of rotatable bonds is 73. The molecule has 0 aromatic heterocycles. The molecule has 568 valence electrons. The van der Waals surface area contributed by atoms with E-state index in [1.54, 1.807) is 0 Å². The van der Waals surface area contributed by atoms with Crippen LogP contribution in [-0.2, 0) is 65.4 Å². The molecule has 1 N–H and O–H groups in total. The standard InChI is InChI=1S/C79H140O17P2/c1-5-9-13-17-21-25-29-33-36-40-43-47-51-55-59-63-76(81)89-69-74(95-78(83)65-61-57-53-49-45-39-32-28-24-20-16-12-8-4)71-93-97(85,86)91-67-73(80)68-92-98(87,88)94-72-75(96-79(84)66-62-58-54-50-46-42-38-35-31-27-23-19-15-11-7-3)70-90-77(82)64-60-56-52-48-44-41-37-34-30-26-22-18-14-10-6-2/h21-23,25-28,32-38,73-75,80H,5-20,24,29-31,39-72H2,1-4H3,(H,85,86)(H,87,88)/p-2/b25-21-,26-22-,27-23-,32-28-,36-33-,37-34-,38-35-/t73?,74-,75-/m1/s1. The van der Waals surface area contributed by atoms with Gasteiger partial charge in [0.2, 0.25) is 0 Å². The Morgan fingerprint density at radius 2 is 0.510 bits per heavy atom. The van der Waals surface area contributed by atoms with Gasteiger partial charge in [-0.3, -0.25) is 28.3 Å². The summed E-state index contributed by atoms with van der Waals surface area (Å²) in [6.45, 7) is 4.35. The van der Waals surface area contributed by atoms with Gasteiger partial charge in [0, 0.05) is 25.7 Å². The number of phosphoric acid groups is 2. The molecule has 0 aromatic carbocycles. The second-order valence-electron chi connectivity index (χ2n) is 25.9. The van der Waals surface area contributed by atoms with E-state index in [0.717, 1.165) is 173 Å². The predicted molar refractivity (Wildman–Crippen MR) is 395 cm³/mol. The molecule has 0 heterocycles. The van der Waals surface area contributed by atoms with E-state index in [2.05, 4.69) is 113 Å². The molecule has 0 radical (unpaired) electrons. The Labute approximate surface area is 595 Å². The smallest absolute Gasteiger partial charge is 0.306 e. The summed E-state index contributed by atoms with van der Waals surface area (Å²) >= 11 is 0. The Balaban J connectivity index is 5.37. The zero-order valence-electron chi connectivity index (χ0n) is 61.9. The zero-order chi connectivity index (χ0) is 71.8. The number of hydrogen-bond acceptors (Lipinski definition) is 17. The number of carbonyl (C=O) groups is 4. The fraction of sp³-hybridized carbons (Fsp3) is 0.772. The third-order valence-corrected chi connectivity index (χ3v) is 18.1. The van der Waals surface area contributed by atoms with Crippen molar-refractivity contribution in [1.82, 2.24) is 0 Å². The van der Waals surface area contributed by atoms with E-state index in [4.69, 9.17) is 37.0 Å². The summed E-state index contributed by atoms with van der Waals surface area (Å²) in [6, 6.07) is 0. The van der Waals surface area contributed by atoms with E-state index < -0.39 is 97.5 Å². The summed E-state index contributed by atoms with van der Waals surface area (Å²) < 4.78 is 67.6. The van der Waals surface area contributed by atoms with Crippen LogP contribution in [0.5, 0.6) is 0 Å². The fourth-order valence-electron chi connectivity index (χ4n) is 10.3. The third-order valence-electron chi connectivity index (χ3n) is 16.3. The molecule has 98 heavy (non-hydrogen) atoms. The molecule has 0 spiro atoms. The minimum Gasteiger partial charge on any atom is -0.756 e. The molecule has 3 unspecified atom stereocenters. The average Bonchev–Trinajstić information content (AvgIpc) is 1.04. The van der Waals surface area contributed by atoms with Crippen molar-refractivity contribution in [3.63, 3.8) is 0 Å². The number of aliphatic hydroxyl groups is 1. The highest BCUT2D eigenvalue weighted by atomic mass is 31.2. The number of carbonyl (C=O) groups excluding carboxylic acids is 4. The Morgan fingerprint density at radius 3 is 0.796 bits per heavy atom. The lowest BCUT2D eigenvalue weighted by atomic mass is 10.1. The molecule has 0 amide bonds. The second kappa shape index (κ2) is 71.6. The van der Waals surface area contributed by atoms with Crippen LogP contribution in [0.3, 0.4) is 0 Å². The van der Waals surface area contributed by atoms with Crippen molar-refractivity contribution >= 4 is 39.5 Å². The summed E-state index contributed by atoms with van der Waals surface area (Å²) in [5.74, 6) is -2.31. The molecule has 0 saturated heterocycles. The Morgan fingerprint density at radius 1 is 0.296 bits per heavy atom. The van der Waals surface area contributed by atoms with Crippen LogP contribution in [0.15, 0.2) is 85.1 Å². The minimum absolute atomic E-state index is 0.0560. The van der Waals surface area contributed by atoms with E-state index in [1.165, 1.54) is 83.5 Å². The minimum atomic E-state index is -5.24. The number of phosphoric ester groups is 2. The Hall–Kier alpha value is -3.76. The monoisotopic (exact) mass is 1420 g/mol. The van der Waals surface area contributed by atoms with Gasteiger partial charge < -0.3 is 51.9 Å². The van der Waals surface area contributed by atoms with Crippen LogP contribution in [0.2, 0.25) is 0 Å². The van der Waals surface area contributed by atoms with Gasteiger partial charge in [-0.15, -0.1) is 0 Å². The average molecular weight is 1420 g/mol. The molecule has 5 atom stereocenters. The van der Waals surface area contributed by atoms with Crippen LogP contribution >= 0.6 is 15.6 Å². The third kappa shape index (κ3) is 70.7. The molecular weight excluding hydrogens is 1280 g/mol. The number of ether oxygens (including phenoxy) is 4. The first kappa shape index (κ1) is 94.2. The van der Waals surface area contributed by atoms with Gasteiger partial charge >= 0.3 is 23.9 Å². The Kier molecular flexibility index (Phi) is 68.9. The summed E-state index contributed by atoms with van der Waals surface area (Å²) in [5, 5.41) is 10.6. The van der Waals surface area contributed by atoms with Gasteiger partial charge in [-0.2, -0.15) is 0 Å². The van der Waals surface area contributed by atoms with Gasteiger partial charge in [0.1, 0.15) is 19.3 Å². The first-order valence-corrected chi connectivity index (χ1v) is 41.7. The molecule has 0 aliphatic heterocycles. The molecule has 0 saturated carbocycles. The van der Waals surface area contributed by atoms with Gasteiger partial charge in [-0.05, 0) is 148 Å². The fourth-order valence-corrected chi connectivity index (χ4v) is 11.8. The van der Waals surface area contributed by atoms with Crippen LogP contribution in [-0.4, -0.2) is 86.9 Å². The van der Waals surface area contributed by atoms with E-state index in [9.17, 15) is 43.2 Å². The highest BCUT2D eigenvalue weighted by Gasteiger charge is 2.25. The van der Waals surface area contributed by atoms with Crippen LogP contribution in [0.25, 0.3) is 0 Å². The first-order chi connectivity index (χ1) is 47.7. The molecule has 0 aromatic rings. The number of allylic oxidation sites excluding steroid dienone is 14. The van der Waals surface area contributed by atoms with Crippen molar-refractivity contribution in [2.24, 2.45) is 0 Å². The second-order valence-corrected chi connectivity index (χ2v) is 28.7. The van der Waals surface area contributed by atoms with E-state index in [0.29, 0.717) is 25.7 Å². The van der Waals surface area contributed by atoms with Gasteiger partial charge in [0.05, 0.1) is 26.4 Å². The summed E-state index contributed by atoms with van der Waals surface area (Å²) in [7, 11) is -10.5. The lowest BCUT2D eigenvalue weighted by Crippen LogP contribution is -2.31. The molecule has 0 fully saturated rings. The highest BCUT2D eigenvalue weighted by molar-refractivity contribution is 7.46. The van der Waals surface area contributed by atoms with Crippen molar-refractivity contribution in [1.29, 1.82) is 0 Å². The quantitative estimate of drug-likeness (QED) is 0.0196. The molecule has 0 bridgehead atoms. The van der Waals surface area contributed by atoms with E-state index in [-0.39, 0.29) is 25.7 Å². The number of unbranched alkanes of at least 4 members (excludes halogenated alkanes) is 33. The van der Waals surface area contributed by atoms with Crippen molar-refractivity contribution in [2.75, 3.05) is 39.6 Å². The summed E-state index contributed by atoms with van der Waals surface area (Å²) in [6.07, 6.45) is 72.1. The molecule has 0 aliphatic rings. The largest absolute Gasteiger partial charge is 0.756 e. The molecule has 17 nitrogen and oxygen atoms in total. The maximum atomic E-state index is 13.0. The van der Waals surface area contributed by atoms with Gasteiger partial charge in [0.15, 0.2) is 12.2 Å². The lowest BCUT2D eigenvalue weighted by Gasteiger charge is -2.28. The predicted octanol–water partition coefficient (Wildman–Crippen LogP) is 21.0. The van der Waals surface area contributed by atoms with E-state index in [1.807, 2.05) is 0 Å². The topological polar surface area (TPSA) is 243 Å². The van der Waals surface area contributed by atoms with Crippen molar-refractivity contribution in [2.45, 2.75) is 354 Å². The highest BCUT2D eigenvalue weighted by Crippen LogP contribution is 2.41. The molecular formula is C79H138O17P2-2. The molecule has 19 heteroatoms. The SMILES string of the molecule is CCCCC/C=C\C/C=C\CCCCCCCC(=O)OC[C@H](COP(=O)([O-])OCC(O)COP(=O)([O-])OC[C@@H](COC(=O)CCCCCCC/C=C\C/C=C\CCCCC)OC(=O)CCCCCCC/C=C\CCCCCC)OC(=O)CCCCCCC/C=C\C/C=C\CCCCC. The summed E-state index contributed by atoms with van der Waals surface area (Å²) in [4.78, 5) is 77.5. The van der Waals surface area contributed by atoms with Crippen molar-refractivity contribution < 1.29 is 80.2 Å². The van der Waals surface area contributed by atoms with E-state index >= 15 is 0 Å². The number of esters is 4. The van der Waals surface area contributed by atoms with Crippen molar-refractivity contribution in [3.8, 4) is 0 Å².